The summed E-state index contributed by atoms with van der Waals surface area (Å²) >= 11 is 3.14. The van der Waals surface area contributed by atoms with Gasteiger partial charge < -0.3 is 9.73 Å². The SMILES string of the molecule is Cc1cc(F)c(Br)cc1NCc1ccc(C#N)o1. The van der Waals surface area contributed by atoms with Gasteiger partial charge in [-0.3, -0.25) is 0 Å². The van der Waals surface area contributed by atoms with E-state index in [0.29, 0.717) is 16.8 Å². The van der Waals surface area contributed by atoms with Crippen LogP contribution in [0.3, 0.4) is 0 Å². The first-order valence-electron chi connectivity index (χ1n) is 5.28. The molecule has 0 spiro atoms. The minimum atomic E-state index is -0.289. The molecule has 18 heavy (non-hydrogen) atoms. The van der Waals surface area contributed by atoms with E-state index in [2.05, 4.69) is 21.2 Å². The van der Waals surface area contributed by atoms with Crippen molar-refractivity contribution in [1.82, 2.24) is 0 Å². The quantitative estimate of drug-likeness (QED) is 0.933. The largest absolute Gasteiger partial charge is 0.449 e. The van der Waals surface area contributed by atoms with Crippen LogP contribution >= 0.6 is 15.9 Å². The molecule has 2 rings (SSSR count). The van der Waals surface area contributed by atoms with Crippen LogP contribution in [-0.4, -0.2) is 0 Å². The van der Waals surface area contributed by atoms with Crippen molar-refractivity contribution in [2.75, 3.05) is 5.32 Å². The highest BCUT2D eigenvalue weighted by molar-refractivity contribution is 9.10. The lowest BCUT2D eigenvalue weighted by molar-refractivity contribution is 0.506. The zero-order chi connectivity index (χ0) is 13.1. The maximum Gasteiger partial charge on any atom is 0.203 e. The standard InChI is InChI=1S/C13H10BrFN2O/c1-8-4-12(15)11(14)5-13(8)17-7-10-3-2-9(6-16)18-10/h2-5,17H,7H2,1H3. The molecule has 0 amide bonds. The van der Waals surface area contributed by atoms with E-state index in [0.717, 1.165) is 11.3 Å². The van der Waals surface area contributed by atoms with Crippen LogP contribution in [0.25, 0.3) is 0 Å². The Kier molecular flexibility index (Phi) is 3.68. The highest BCUT2D eigenvalue weighted by Gasteiger charge is 2.06. The molecule has 1 aromatic heterocycles. The lowest BCUT2D eigenvalue weighted by Crippen LogP contribution is -2.00. The summed E-state index contributed by atoms with van der Waals surface area (Å²) in [4.78, 5) is 0. The molecule has 0 saturated carbocycles. The van der Waals surface area contributed by atoms with Crippen LogP contribution in [0.15, 0.2) is 33.2 Å². The molecular formula is C13H10BrFN2O. The van der Waals surface area contributed by atoms with Gasteiger partial charge in [0.05, 0.1) is 11.0 Å². The second-order valence-electron chi connectivity index (χ2n) is 3.81. The molecular weight excluding hydrogens is 299 g/mol. The second-order valence-corrected chi connectivity index (χ2v) is 4.67. The van der Waals surface area contributed by atoms with Crippen LogP contribution in [0.2, 0.25) is 0 Å². The number of nitrogens with zero attached hydrogens (tertiary/aromatic N) is 1. The van der Waals surface area contributed by atoms with Crippen LogP contribution in [-0.2, 0) is 6.54 Å². The fourth-order valence-electron chi connectivity index (χ4n) is 1.55. The van der Waals surface area contributed by atoms with Gasteiger partial charge in [-0.1, -0.05) is 0 Å². The minimum absolute atomic E-state index is 0.281. The van der Waals surface area contributed by atoms with Crippen LogP contribution in [0, 0.1) is 24.1 Å². The molecule has 0 aliphatic carbocycles. The van der Waals surface area contributed by atoms with E-state index in [1.807, 2.05) is 13.0 Å². The van der Waals surface area contributed by atoms with Gasteiger partial charge in [0.2, 0.25) is 5.76 Å². The summed E-state index contributed by atoms with van der Waals surface area (Å²) in [7, 11) is 0. The van der Waals surface area contributed by atoms with Crippen LogP contribution in [0.1, 0.15) is 17.1 Å². The van der Waals surface area contributed by atoms with Gasteiger partial charge in [-0.05, 0) is 52.7 Å². The van der Waals surface area contributed by atoms with E-state index in [9.17, 15) is 4.39 Å². The molecule has 0 unspecified atom stereocenters. The topological polar surface area (TPSA) is 49.0 Å². The summed E-state index contributed by atoms with van der Waals surface area (Å²) in [6.07, 6.45) is 0. The molecule has 1 N–H and O–H groups in total. The van der Waals surface area contributed by atoms with Gasteiger partial charge in [0, 0.05) is 5.69 Å². The summed E-state index contributed by atoms with van der Waals surface area (Å²) in [5.41, 5.74) is 1.63. The van der Waals surface area contributed by atoms with Crippen LogP contribution < -0.4 is 5.32 Å². The first-order valence-corrected chi connectivity index (χ1v) is 6.08. The lowest BCUT2D eigenvalue weighted by atomic mass is 10.2. The number of rotatable bonds is 3. The van der Waals surface area contributed by atoms with E-state index in [1.54, 1.807) is 18.2 Å². The number of benzene rings is 1. The van der Waals surface area contributed by atoms with Gasteiger partial charge in [-0.2, -0.15) is 5.26 Å². The maximum absolute atomic E-state index is 13.2. The van der Waals surface area contributed by atoms with Crippen molar-refractivity contribution < 1.29 is 8.81 Å². The number of anilines is 1. The van der Waals surface area contributed by atoms with Gasteiger partial charge in [0.25, 0.3) is 0 Å². The highest BCUT2D eigenvalue weighted by Crippen LogP contribution is 2.24. The first kappa shape index (κ1) is 12.7. The fraction of sp³-hybridized carbons (Fsp3) is 0.154. The second kappa shape index (κ2) is 5.23. The van der Waals surface area contributed by atoms with Crippen LogP contribution in [0.5, 0.6) is 0 Å². The van der Waals surface area contributed by atoms with Crippen molar-refractivity contribution in [2.45, 2.75) is 13.5 Å². The molecule has 5 heteroatoms. The lowest BCUT2D eigenvalue weighted by Gasteiger charge is -2.09. The third-order valence-corrected chi connectivity index (χ3v) is 3.10. The van der Waals surface area contributed by atoms with Gasteiger partial charge in [0.15, 0.2) is 0 Å². The summed E-state index contributed by atoms with van der Waals surface area (Å²) in [5.74, 6) is 0.651. The Labute approximate surface area is 112 Å². The Bertz CT molecular complexity index is 616. The molecule has 0 aliphatic heterocycles. The van der Waals surface area contributed by atoms with Gasteiger partial charge >= 0.3 is 0 Å². The molecule has 3 nitrogen and oxygen atoms in total. The molecule has 0 aliphatic rings. The minimum Gasteiger partial charge on any atom is -0.449 e. The Morgan fingerprint density at radius 1 is 1.44 bits per heavy atom. The monoisotopic (exact) mass is 308 g/mol. The number of hydrogen-bond donors (Lipinski definition) is 1. The number of furan rings is 1. The van der Waals surface area contributed by atoms with E-state index in [4.69, 9.17) is 9.68 Å². The molecule has 0 fully saturated rings. The van der Waals surface area contributed by atoms with E-state index >= 15 is 0 Å². The van der Waals surface area contributed by atoms with E-state index < -0.39 is 0 Å². The van der Waals surface area contributed by atoms with E-state index in [-0.39, 0.29) is 11.6 Å². The van der Waals surface area contributed by atoms with Crippen molar-refractivity contribution in [1.29, 1.82) is 5.26 Å². The van der Waals surface area contributed by atoms with Crippen molar-refractivity contribution in [3.05, 3.63) is 51.6 Å². The molecule has 0 atom stereocenters. The molecule has 92 valence electrons. The third-order valence-electron chi connectivity index (χ3n) is 2.49. The average molecular weight is 309 g/mol. The van der Waals surface area contributed by atoms with Gasteiger partial charge in [-0.25, -0.2) is 4.39 Å². The van der Waals surface area contributed by atoms with Crippen molar-refractivity contribution >= 4 is 21.6 Å². The number of aryl methyl sites for hydroxylation is 1. The summed E-state index contributed by atoms with van der Waals surface area (Å²) < 4.78 is 18.9. The predicted molar refractivity (Wildman–Crippen MR) is 69.6 cm³/mol. The van der Waals surface area contributed by atoms with Crippen molar-refractivity contribution in [3.63, 3.8) is 0 Å². The zero-order valence-corrected chi connectivity index (χ0v) is 11.2. The fourth-order valence-corrected chi connectivity index (χ4v) is 1.90. The number of hydrogen-bond acceptors (Lipinski definition) is 3. The predicted octanol–water partition coefficient (Wildman–Crippen LogP) is 3.97. The molecule has 0 bridgehead atoms. The van der Waals surface area contributed by atoms with Gasteiger partial charge in [-0.15, -0.1) is 0 Å². The molecule has 1 aromatic carbocycles. The smallest absolute Gasteiger partial charge is 0.203 e. The average Bonchev–Trinajstić information content (AvgIpc) is 2.80. The Morgan fingerprint density at radius 3 is 2.89 bits per heavy atom. The van der Waals surface area contributed by atoms with E-state index in [1.165, 1.54) is 6.07 Å². The first-order chi connectivity index (χ1) is 8.60. The summed E-state index contributed by atoms with van der Waals surface area (Å²) in [6.45, 7) is 2.27. The molecule has 1 heterocycles. The van der Waals surface area contributed by atoms with Crippen LogP contribution in [0.4, 0.5) is 10.1 Å². The van der Waals surface area contributed by atoms with Gasteiger partial charge in [0.1, 0.15) is 17.6 Å². The normalized spacial score (nSPS) is 10.1. The highest BCUT2D eigenvalue weighted by atomic mass is 79.9. The third kappa shape index (κ3) is 2.71. The van der Waals surface area contributed by atoms with Crippen molar-refractivity contribution in [3.8, 4) is 6.07 Å². The molecule has 2 aromatic rings. The molecule has 0 radical (unpaired) electrons. The Balaban J connectivity index is 2.11. The molecule has 0 saturated heterocycles. The summed E-state index contributed by atoms with van der Waals surface area (Å²) in [5, 5.41) is 11.8. The number of nitriles is 1. The number of nitrogens with one attached hydrogen (secondary N) is 1. The number of halogens is 2. The zero-order valence-electron chi connectivity index (χ0n) is 9.63. The Morgan fingerprint density at radius 2 is 2.22 bits per heavy atom. The Hall–Kier alpha value is -1.80. The summed E-state index contributed by atoms with van der Waals surface area (Å²) in [6, 6.07) is 8.41. The van der Waals surface area contributed by atoms with Crippen molar-refractivity contribution in [2.24, 2.45) is 0 Å². The maximum atomic E-state index is 13.2.